The van der Waals surface area contributed by atoms with Crippen molar-refractivity contribution in [3.8, 4) is 0 Å². The van der Waals surface area contributed by atoms with Gasteiger partial charge in [0, 0.05) is 31.1 Å². The molecule has 1 aromatic heterocycles. The van der Waals surface area contributed by atoms with E-state index in [0.29, 0.717) is 45.4 Å². The van der Waals surface area contributed by atoms with Crippen molar-refractivity contribution < 1.29 is 13.2 Å². The number of hydrogen-bond donors (Lipinski definition) is 2. The summed E-state index contributed by atoms with van der Waals surface area (Å²) in [5.74, 6) is 0.692. The first-order chi connectivity index (χ1) is 11.5. The van der Waals surface area contributed by atoms with Gasteiger partial charge in [0.1, 0.15) is 0 Å². The summed E-state index contributed by atoms with van der Waals surface area (Å²) in [5, 5.41) is 8.30. The summed E-state index contributed by atoms with van der Waals surface area (Å²) >= 11 is 1.68. The van der Waals surface area contributed by atoms with Crippen LogP contribution in [0.25, 0.3) is 0 Å². The zero-order valence-electron chi connectivity index (χ0n) is 14.2. The maximum atomic E-state index is 12.3. The molecule has 2 N–H and O–H groups in total. The predicted octanol–water partition coefficient (Wildman–Crippen LogP) is 0.774. The topological polar surface area (TPSA) is 83.0 Å². The van der Waals surface area contributed by atoms with Gasteiger partial charge in [-0.3, -0.25) is 0 Å². The van der Waals surface area contributed by atoms with Crippen molar-refractivity contribution in [1.29, 1.82) is 0 Å². The van der Waals surface area contributed by atoms with Gasteiger partial charge in [-0.2, -0.15) is 4.31 Å². The SMILES string of the molecule is CCNC(=NCc1sccc1C)NCCS(=O)(=O)N1CCOCC1. The zero-order chi connectivity index (χ0) is 17.4. The Morgan fingerprint density at radius 2 is 2.12 bits per heavy atom. The average Bonchev–Trinajstić information content (AvgIpc) is 2.98. The van der Waals surface area contributed by atoms with E-state index < -0.39 is 10.0 Å². The smallest absolute Gasteiger partial charge is 0.215 e. The van der Waals surface area contributed by atoms with Crippen LogP contribution in [0.3, 0.4) is 0 Å². The van der Waals surface area contributed by atoms with E-state index in [4.69, 9.17) is 4.74 Å². The minimum absolute atomic E-state index is 0.0510. The average molecular weight is 375 g/mol. The van der Waals surface area contributed by atoms with Crippen LogP contribution in [0.15, 0.2) is 16.4 Å². The minimum Gasteiger partial charge on any atom is -0.379 e. The molecule has 0 atom stereocenters. The van der Waals surface area contributed by atoms with Crippen molar-refractivity contribution >= 4 is 27.3 Å². The van der Waals surface area contributed by atoms with Crippen LogP contribution >= 0.6 is 11.3 Å². The summed E-state index contributed by atoms with van der Waals surface area (Å²) in [4.78, 5) is 5.74. The van der Waals surface area contributed by atoms with E-state index in [1.54, 1.807) is 11.3 Å². The molecule has 1 aliphatic rings. The molecule has 1 fully saturated rings. The van der Waals surface area contributed by atoms with Gasteiger partial charge < -0.3 is 15.4 Å². The molecular weight excluding hydrogens is 348 g/mol. The van der Waals surface area contributed by atoms with Gasteiger partial charge in [-0.25, -0.2) is 13.4 Å². The second-order valence-corrected chi connectivity index (χ2v) is 8.57. The highest BCUT2D eigenvalue weighted by atomic mass is 32.2. The number of rotatable bonds is 7. The Labute approximate surface area is 148 Å². The molecule has 0 amide bonds. The van der Waals surface area contributed by atoms with Crippen molar-refractivity contribution in [1.82, 2.24) is 14.9 Å². The molecule has 1 aromatic rings. The molecule has 136 valence electrons. The number of ether oxygens (including phenoxy) is 1. The molecule has 2 rings (SSSR count). The first-order valence-corrected chi connectivity index (χ1v) is 10.6. The molecule has 9 heteroatoms. The molecule has 1 saturated heterocycles. The third kappa shape index (κ3) is 5.73. The van der Waals surface area contributed by atoms with Crippen molar-refractivity contribution in [2.75, 3.05) is 45.1 Å². The lowest BCUT2D eigenvalue weighted by molar-refractivity contribution is 0.0730. The number of thiophene rings is 1. The van der Waals surface area contributed by atoms with E-state index in [0.717, 1.165) is 6.54 Å². The Kier molecular flexibility index (Phi) is 7.47. The fourth-order valence-corrected chi connectivity index (χ4v) is 4.46. The van der Waals surface area contributed by atoms with Crippen LogP contribution < -0.4 is 10.6 Å². The zero-order valence-corrected chi connectivity index (χ0v) is 15.9. The van der Waals surface area contributed by atoms with Crippen LogP contribution in [0.4, 0.5) is 0 Å². The van der Waals surface area contributed by atoms with Crippen LogP contribution in [-0.4, -0.2) is 63.8 Å². The van der Waals surface area contributed by atoms with Gasteiger partial charge in [0.25, 0.3) is 0 Å². The van der Waals surface area contributed by atoms with Gasteiger partial charge >= 0.3 is 0 Å². The summed E-state index contributed by atoms with van der Waals surface area (Å²) < 4.78 is 31.3. The van der Waals surface area contributed by atoms with Gasteiger partial charge in [-0.05, 0) is 30.9 Å². The Morgan fingerprint density at radius 3 is 2.75 bits per heavy atom. The summed E-state index contributed by atoms with van der Waals surface area (Å²) in [7, 11) is -3.25. The lowest BCUT2D eigenvalue weighted by atomic mass is 10.3. The number of hydrogen-bond acceptors (Lipinski definition) is 5. The van der Waals surface area contributed by atoms with Crippen molar-refractivity contribution in [2.24, 2.45) is 4.99 Å². The van der Waals surface area contributed by atoms with Crippen LogP contribution in [0, 0.1) is 6.92 Å². The van der Waals surface area contributed by atoms with Crippen molar-refractivity contribution in [3.05, 3.63) is 21.9 Å². The van der Waals surface area contributed by atoms with Gasteiger partial charge in [0.15, 0.2) is 5.96 Å². The highest BCUT2D eigenvalue weighted by Gasteiger charge is 2.23. The van der Waals surface area contributed by atoms with Crippen LogP contribution in [-0.2, 0) is 21.3 Å². The largest absolute Gasteiger partial charge is 0.379 e. The van der Waals surface area contributed by atoms with E-state index in [1.165, 1.54) is 14.7 Å². The van der Waals surface area contributed by atoms with Gasteiger partial charge in [-0.15, -0.1) is 11.3 Å². The highest BCUT2D eigenvalue weighted by Crippen LogP contribution is 2.16. The van der Waals surface area contributed by atoms with Gasteiger partial charge in [0.2, 0.25) is 10.0 Å². The fourth-order valence-electron chi connectivity index (χ4n) is 2.31. The monoisotopic (exact) mass is 374 g/mol. The van der Waals surface area contributed by atoms with E-state index >= 15 is 0 Å². The first-order valence-electron chi connectivity index (χ1n) is 8.13. The third-order valence-corrected chi connectivity index (χ3v) is 6.59. The summed E-state index contributed by atoms with van der Waals surface area (Å²) in [5.41, 5.74) is 1.23. The van der Waals surface area contributed by atoms with Crippen molar-refractivity contribution in [3.63, 3.8) is 0 Å². The lowest BCUT2D eigenvalue weighted by Gasteiger charge is -2.26. The number of morpholine rings is 1. The van der Waals surface area contributed by atoms with Crippen LogP contribution in [0.5, 0.6) is 0 Å². The number of nitrogens with one attached hydrogen (secondary N) is 2. The third-order valence-electron chi connectivity index (χ3n) is 3.71. The number of guanidine groups is 1. The molecule has 1 aliphatic heterocycles. The lowest BCUT2D eigenvalue weighted by Crippen LogP contribution is -2.45. The minimum atomic E-state index is -3.25. The Hall–Kier alpha value is -1.16. The second-order valence-electron chi connectivity index (χ2n) is 5.48. The molecule has 2 heterocycles. The van der Waals surface area contributed by atoms with E-state index in [1.807, 2.05) is 6.92 Å². The molecule has 0 unspecified atom stereocenters. The fraction of sp³-hybridized carbons (Fsp3) is 0.667. The number of nitrogens with zero attached hydrogens (tertiary/aromatic N) is 2. The van der Waals surface area contributed by atoms with Gasteiger partial charge in [-0.1, -0.05) is 0 Å². The Balaban J connectivity index is 1.85. The number of aliphatic imine (C=N–C) groups is 1. The van der Waals surface area contributed by atoms with Crippen LogP contribution in [0.2, 0.25) is 0 Å². The molecule has 7 nitrogen and oxygen atoms in total. The second kappa shape index (κ2) is 9.36. The maximum absolute atomic E-state index is 12.3. The Bertz CT molecular complexity index is 637. The summed E-state index contributed by atoms with van der Waals surface area (Å²) in [6, 6.07) is 2.07. The van der Waals surface area contributed by atoms with E-state index in [-0.39, 0.29) is 5.75 Å². The Morgan fingerprint density at radius 1 is 1.38 bits per heavy atom. The van der Waals surface area contributed by atoms with E-state index in [2.05, 4.69) is 34.0 Å². The molecular formula is C15H26N4O3S2. The van der Waals surface area contributed by atoms with Gasteiger partial charge in [0.05, 0.1) is 25.5 Å². The molecule has 0 saturated carbocycles. The summed E-state index contributed by atoms with van der Waals surface area (Å²) in [6.07, 6.45) is 0. The van der Waals surface area contributed by atoms with E-state index in [9.17, 15) is 8.42 Å². The molecule has 0 aromatic carbocycles. The molecule has 0 radical (unpaired) electrons. The van der Waals surface area contributed by atoms with Crippen LogP contribution in [0.1, 0.15) is 17.4 Å². The number of aryl methyl sites for hydroxylation is 1. The van der Waals surface area contributed by atoms with Crippen molar-refractivity contribution in [2.45, 2.75) is 20.4 Å². The normalized spacial score (nSPS) is 17.0. The quantitative estimate of drug-likeness (QED) is 0.544. The first kappa shape index (κ1) is 19.2. The standard InChI is InChI=1S/C15H26N4O3S2/c1-3-16-15(18-12-14-13(2)4-10-23-14)17-5-11-24(20,21)19-6-8-22-9-7-19/h4,10H,3,5-9,11-12H2,1-2H3,(H2,16,17,18). The predicted molar refractivity (Wildman–Crippen MR) is 98.1 cm³/mol. The maximum Gasteiger partial charge on any atom is 0.215 e. The molecule has 24 heavy (non-hydrogen) atoms. The highest BCUT2D eigenvalue weighted by molar-refractivity contribution is 7.89. The molecule has 0 spiro atoms. The summed E-state index contributed by atoms with van der Waals surface area (Å²) in [6.45, 7) is 7.51. The number of sulfonamides is 1. The molecule has 0 bridgehead atoms. The molecule has 0 aliphatic carbocycles.